The lowest BCUT2D eigenvalue weighted by molar-refractivity contribution is -0.115. The van der Waals surface area contributed by atoms with Gasteiger partial charge in [0.05, 0.1) is 17.9 Å². The van der Waals surface area contributed by atoms with Crippen LogP contribution in [0.3, 0.4) is 0 Å². The van der Waals surface area contributed by atoms with Gasteiger partial charge in [-0.25, -0.2) is 9.18 Å². The first-order chi connectivity index (χ1) is 15.5. The average Bonchev–Trinajstić information content (AvgIpc) is 2.73. The van der Waals surface area contributed by atoms with Crippen LogP contribution in [0.25, 0.3) is 10.9 Å². The summed E-state index contributed by atoms with van der Waals surface area (Å²) < 4.78 is 18.9. The average molecular weight is 454 g/mol. The van der Waals surface area contributed by atoms with Crippen LogP contribution in [-0.2, 0) is 9.53 Å². The molecular weight excluding hydrogens is 431 g/mol. The molecule has 4 N–H and O–H groups in total. The molecule has 0 saturated carbocycles. The summed E-state index contributed by atoms with van der Waals surface area (Å²) in [5, 5.41) is 7.55. The number of amides is 3. The summed E-state index contributed by atoms with van der Waals surface area (Å²) in [5.74, 6) is -2.09. The van der Waals surface area contributed by atoms with E-state index in [0.29, 0.717) is 10.9 Å². The normalized spacial score (nSPS) is 11.0. The third-order valence-corrected chi connectivity index (χ3v) is 4.33. The third-order valence-electron chi connectivity index (χ3n) is 4.33. The van der Waals surface area contributed by atoms with Crippen LogP contribution in [0.5, 0.6) is 0 Å². The Kier molecular flexibility index (Phi) is 6.76. The Morgan fingerprint density at radius 1 is 1.03 bits per heavy atom. The van der Waals surface area contributed by atoms with Gasteiger partial charge in [0, 0.05) is 17.1 Å². The summed E-state index contributed by atoms with van der Waals surface area (Å²) in [7, 11) is 0. The molecule has 10 heteroatoms. The van der Waals surface area contributed by atoms with Gasteiger partial charge < -0.3 is 20.4 Å². The second-order valence-corrected chi connectivity index (χ2v) is 8.12. The molecule has 0 aliphatic rings. The van der Waals surface area contributed by atoms with Crippen molar-refractivity contribution in [1.82, 2.24) is 10.3 Å². The number of para-hydroxylation sites is 1. The van der Waals surface area contributed by atoms with Crippen LogP contribution in [0, 0.1) is 5.82 Å². The summed E-state index contributed by atoms with van der Waals surface area (Å²) in [6.07, 6.45) is 0.487. The first-order valence-corrected chi connectivity index (χ1v) is 10.0. The fourth-order valence-corrected chi connectivity index (χ4v) is 2.93. The first-order valence-electron chi connectivity index (χ1n) is 10.0. The molecule has 0 aliphatic carbocycles. The monoisotopic (exact) mass is 454 g/mol. The lowest BCUT2D eigenvalue weighted by atomic mass is 10.1. The van der Waals surface area contributed by atoms with E-state index >= 15 is 0 Å². The van der Waals surface area contributed by atoms with Crippen molar-refractivity contribution in [1.29, 1.82) is 0 Å². The highest BCUT2D eigenvalue weighted by Crippen LogP contribution is 2.23. The number of hydrogen-bond acceptors (Lipinski definition) is 5. The van der Waals surface area contributed by atoms with Gasteiger partial charge in [0.15, 0.2) is 0 Å². The van der Waals surface area contributed by atoms with Crippen molar-refractivity contribution in [3.8, 4) is 0 Å². The number of nitrogens with one attached hydrogen (secondary N) is 4. The number of ether oxygens (including phenoxy) is 1. The lowest BCUT2D eigenvalue weighted by Gasteiger charge is -2.20. The van der Waals surface area contributed by atoms with Crippen LogP contribution in [0.1, 0.15) is 31.1 Å². The van der Waals surface area contributed by atoms with Gasteiger partial charge in [-0.2, -0.15) is 0 Å². The molecule has 3 aromatic rings. The number of H-pyrrole nitrogens is 1. The summed E-state index contributed by atoms with van der Waals surface area (Å²) in [6.45, 7) is 4.56. The third kappa shape index (κ3) is 6.16. The fraction of sp³-hybridized carbons (Fsp3) is 0.217. The van der Waals surface area contributed by atoms with Crippen molar-refractivity contribution in [3.05, 3.63) is 70.3 Å². The summed E-state index contributed by atoms with van der Waals surface area (Å²) in [4.78, 5) is 52.2. The molecule has 0 radical (unpaired) electrons. The zero-order chi connectivity index (χ0) is 24.2. The molecule has 0 fully saturated rings. The molecule has 172 valence electrons. The summed E-state index contributed by atoms with van der Waals surface area (Å²) in [6, 6.07) is 10.1. The number of pyridine rings is 1. The highest BCUT2D eigenvalue weighted by molar-refractivity contribution is 6.02. The number of aromatic amines is 1. The van der Waals surface area contributed by atoms with E-state index in [-0.39, 0.29) is 16.9 Å². The van der Waals surface area contributed by atoms with Crippen molar-refractivity contribution < 1.29 is 23.5 Å². The predicted octanol–water partition coefficient (Wildman–Crippen LogP) is 3.38. The fourth-order valence-electron chi connectivity index (χ4n) is 2.93. The molecule has 2 aromatic carbocycles. The number of hydrogen-bond donors (Lipinski definition) is 4. The molecule has 0 saturated heterocycles. The molecule has 0 bridgehead atoms. The van der Waals surface area contributed by atoms with Crippen molar-refractivity contribution in [2.45, 2.75) is 26.4 Å². The molecular formula is C23H23FN4O5. The Bertz CT molecular complexity index is 1280. The minimum atomic E-state index is -0.784. The molecule has 1 aromatic heterocycles. The Morgan fingerprint density at radius 2 is 1.76 bits per heavy atom. The molecule has 0 spiro atoms. The van der Waals surface area contributed by atoms with E-state index in [0.717, 1.165) is 12.1 Å². The van der Waals surface area contributed by atoms with Gasteiger partial charge in [0.25, 0.3) is 5.91 Å². The Morgan fingerprint density at radius 3 is 2.48 bits per heavy atom. The second kappa shape index (κ2) is 9.51. The van der Waals surface area contributed by atoms with Crippen LogP contribution in [-0.4, -0.2) is 35.0 Å². The molecule has 3 amide bonds. The molecule has 9 nitrogen and oxygen atoms in total. The first kappa shape index (κ1) is 23.5. The van der Waals surface area contributed by atoms with Crippen LogP contribution >= 0.6 is 0 Å². The van der Waals surface area contributed by atoms with Crippen LogP contribution in [0.2, 0.25) is 0 Å². The molecule has 0 atom stereocenters. The van der Waals surface area contributed by atoms with E-state index in [2.05, 4.69) is 20.9 Å². The maximum Gasteiger partial charge on any atom is 0.412 e. The maximum atomic E-state index is 13.7. The van der Waals surface area contributed by atoms with Gasteiger partial charge in [-0.15, -0.1) is 0 Å². The number of benzene rings is 2. The molecule has 3 rings (SSSR count). The topological polar surface area (TPSA) is 129 Å². The molecule has 33 heavy (non-hydrogen) atoms. The minimum absolute atomic E-state index is 0.0244. The Balaban J connectivity index is 1.67. The van der Waals surface area contributed by atoms with E-state index in [9.17, 15) is 23.6 Å². The van der Waals surface area contributed by atoms with Crippen molar-refractivity contribution in [2.24, 2.45) is 0 Å². The number of halogens is 1. The number of carbonyl (C=O) groups is 3. The standard InChI is InChI=1S/C23H23FN4O5/c1-23(2,3)33-22(32)28-17-9-8-13(24)10-18(17)27-19(29)12-26-21(31)15-11-25-16-7-5-4-6-14(16)20(15)30/h4-11H,12H2,1-3H3,(H,25,30)(H,26,31)(H,27,29)(H,28,32). The SMILES string of the molecule is CC(C)(C)OC(=O)Nc1ccc(F)cc1NC(=O)CNC(=O)c1c[nH]c2ccccc2c1=O. The Labute approximate surface area is 188 Å². The van der Waals surface area contributed by atoms with Crippen molar-refractivity contribution >= 4 is 40.2 Å². The van der Waals surface area contributed by atoms with Gasteiger partial charge in [0.2, 0.25) is 11.3 Å². The molecule has 1 heterocycles. The number of fused-ring (bicyclic) bond motifs is 1. The van der Waals surface area contributed by atoms with Crippen molar-refractivity contribution in [2.75, 3.05) is 17.2 Å². The van der Waals surface area contributed by atoms with E-state index in [1.807, 2.05) is 0 Å². The summed E-state index contributed by atoms with van der Waals surface area (Å²) >= 11 is 0. The van der Waals surface area contributed by atoms with Crippen LogP contribution < -0.4 is 21.4 Å². The maximum absolute atomic E-state index is 13.7. The Hall–Kier alpha value is -4.21. The van der Waals surface area contributed by atoms with Crippen LogP contribution in [0.4, 0.5) is 20.6 Å². The second-order valence-electron chi connectivity index (χ2n) is 8.12. The number of carbonyl (C=O) groups excluding carboxylic acids is 3. The largest absolute Gasteiger partial charge is 0.444 e. The minimum Gasteiger partial charge on any atom is -0.444 e. The van der Waals surface area contributed by atoms with Crippen molar-refractivity contribution in [3.63, 3.8) is 0 Å². The van der Waals surface area contributed by atoms with E-state index in [1.54, 1.807) is 45.0 Å². The number of rotatable bonds is 5. The number of anilines is 2. The van der Waals surface area contributed by atoms with Gasteiger partial charge in [-0.05, 0) is 51.1 Å². The zero-order valence-electron chi connectivity index (χ0n) is 18.2. The number of aromatic nitrogens is 1. The van der Waals surface area contributed by atoms with Crippen LogP contribution in [0.15, 0.2) is 53.5 Å². The predicted molar refractivity (Wildman–Crippen MR) is 122 cm³/mol. The molecule has 0 aliphatic heterocycles. The van der Waals surface area contributed by atoms with Gasteiger partial charge in [-0.1, -0.05) is 12.1 Å². The van der Waals surface area contributed by atoms with Gasteiger partial charge in [-0.3, -0.25) is 19.7 Å². The quantitative estimate of drug-likeness (QED) is 0.470. The highest BCUT2D eigenvalue weighted by Gasteiger charge is 2.19. The molecule has 0 unspecified atom stereocenters. The smallest absolute Gasteiger partial charge is 0.412 e. The van der Waals surface area contributed by atoms with E-state index < -0.39 is 41.3 Å². The lowest BCUT2D eigenvalue weighted by Crippen LogP contribution is -2.35. The van der Waals surface area contributed by atoms with Gasteiger partial charge in [0.1, 0.15) is 17.0 Å². The summed E-state index contributed by atoms with van der Waals surface area (Å²) in [5.41, 5.74) is -0.720. The van der Waals surface area contributed by atoms with Gasteiger partial charge >= 0.3 is 6.09 Å². The highest BCUT2D eigenvalue weighted by atomic mass is 19.1. The van der Waals surface area contributed by atoms with E-state index in [4.69, 9.17) is 4.74 Å². The zero-order valence-corrected chi connectivity index (χ0v) is 18.2. The van der Waals surface area contributed by atoms with E-state index in [1.165, 1.54) is 12.3 Å².